The van der Waals surface area contributed by atoms with Gasteiger partial charge in [-0.05, 0) is 98.9 Å². The maximum atomic E-state index is 13.9. The van der Waals surface area contributed by atoms with Crippen molar-refractivity contribution in [2.24, 2.45) is 0 Å². The molecular formula is C29H33N3O4S. The van der Waals surface area contributed by atoms with Crippen molar-refractivity contribution < 1.29 is 17.9 Å². The zero-order valence-electron chi connectivity index (χ0n) is 21.5. The molecule has 3 aromatic rings. The first-order valence-electron chi connectivity index (χ1n) is 12.6. The third-order valence-corrected chi connectivity index (χ3v) is 9.90. The Morgan fingerprint density at radius 2 is 1.78 bits per heavy atom. The minimum Gasteiger partial charge on any atom is -0.497 e. The Labute approximate surface area is 218 Å². The molecule has 1 amide bonds. The minimum atomic E-state index is -3.83. The fraction of sp³-hybridized carbons (Fsp3) is 0.345. The summed E-state index contributed by atoms with van der Waals surface area (Å²) in [5, 5.41) is 6.44. The Morgan fingerprint density at radius 3 is 2.46 bits per heavy atom. The summed E-state index contributed by atoms with van der Waals surface area (Å²) in [5.74, 6) is 0.434. The number of rotatable bonds is 6. The smallest absolute Gasteiger partial charge is 0.264 e. The van der Waals surface area contributed by atoms with Gasteiger partial charge in [-0.25, -0.2) is 8.42 Å². The van der Waals surface area contributed by atoms with Crippen molar-refractivity contribution >= 4 is 21.6 Å². The van der Waals surface area contributed by atoms with Gasteiger partial charge in [-0.1, -0.05) is 24.3 Å². The van der Waals surface area contributed by atoms with Gasteiger partial charge in [-0.2, -0.15) is 0 Å². The number of methoxy groups -OCH3 is 1. The molecule has 1 atom stereocenters. The molecule has 2 heterocycles. The summed E-state index contributed by atoms with van der Waals surface area (Å²) >= 11 is 0. The Hall–Kier alpha value is -3.36. The van der Waals surface area contributed by atoms with Gasteiger partial charge < -0.3 is 15.4 Å². The second kappa shape index (κ2) is 9.84. The Balaban J connectivity index is 1.51. The lowest BCUT2D eigenvalue weighted by Gasteiger charge is -2.40. The standard InChI is InChI=1S/C29H33N3O4S/c1-20-6-4-5-7-23(20)19-31-28(33)22-8-13-27-26(18-22)29(14-16-30-17-15-29)21(2)32(27)37(34,35)25-11-9-24(36-3)10-12-25/h4-13,18,21,30H,14-17,19H2,1-3H3,(H,31,33). The fourth-order valence-corrected chi connectivity index (χ4v) is 7.51. The van der Waals surface area contributed by atoms with Crippen molar-refractivity contribution in [2.75, 3.05) is 24.5 Å². The first-order valence-corrected chi connectivity index (χ1v) is 14.1. The van der Waals surface area contributed by atoms with E-state index < -0.39 is 10.0 Å². The average molecular weight is 520 g/mol. The van der Waals surface area contributed by atoms with E-state index in [0.29, 0.717) is 23.5 Å². The van der Waals surface area contributed by atoms with Crippen LogP contribution in [0.5, 0.6) is 5.75 Å². The first kappa shape index (κ1) is 25.3. The molecule has 0 bridgehead atoms. The van der Waals surface area contributed by atoms with Crippen LogP contribution < -0.4 is 19.7 Å². The van der Waals surface area contributed by atoms with E-state index in [4.69, 9.17) is 4.74 Å². The number of piperidine rings is 1. The van der Waals surface area contributed by atoms with Crippen LogP contribution in [0.15, 0.2) is 71.6 Å². The van der Waals surface area contributed by atoms with E-state index in [1.807, 2.05) is 44.2 Å². The molecule has 1 saturated heterocycles. The topological polar surface area (TPSA) is 87.7 Å². The summed E-state index contributed by atoms with van der Waals surface area (Å²) in [6, 6.07) is 19.6. The summed E-state index contributed by atoms with van der Waals surface area (Å²) in [5.41, 5.74) is 3.95. The predicted molar refractivity (Wildman–Crippen MR) is 145 cm³/mol. The van der Waals surface area contributed by atoms with E-state index in [1.165, 1.54) is 0 Å². The number of fused-ring (bicyclic) bond motifs is 2. The number of benzene rings is 3. The van der Waals surface area contributed by atoms with E-state index in [-0.39, 0.29) is 22.3 Å². The fourth-order valence-electron chi connectivity index (χ4n) is 5.77. The van der Waals surface area contributed by atoms with Crippen LogP contribution in [-0.2, 0) is 22.0 Å². The van der Waals surface area contributed by atoms with Crippen LogP contribution >= 0.6 is 0 Å². The number of nitrogens with zero attached hydrogens (tertiary/aromatic N) is 1. The normalized spacial score (nSPS) is 18.5. The van der Waals surface area contributed by atoms with Crippen molar-refractivity contribution in [1.29, 1.82) is 0 Å². The molecule has 8 heteroatoms. The van der Waals surface area contributed by atoms with Crippen LogP contribution in [0.2, 0.25) is 0 Å². The molecule has 1 spiro atoms. The number of amides is 1. The molecule has 0 aliphatic carbocycles. The largest absolute Gasteiger partial charge is 0.497 e. The summed E-state index contributed by atoms with van der Waals surface area (Å²) in [6.45, 7) is 6.04. The van der Waals surface area contributed by atoms with Crippen molar-refractivity contribution in [3.05, 3.63) is 89.0 Å². The summed E-state index contributed by atoms with van der Waals surface area (Å²) in [7, 11) is -2.28. The maximum Gasteiger partial charge on any atom is 0.264 e. The molecule has 1 unspecified atom stereocenters. The Morgan fingerprint density at radius 1 is 1.08 bits per heavy atom. The van der Waals surface area contributed by atoms with E-state index in [2.05, 4.69) is 10.6 Å². The van der Waals surface area contributed by atoms with Crippen LogP contribution in [0.3, 0.4) is 0 Å². The zero-order valence-corrected chi connectivity index (χ0v) is 22.3. The van der Waals surface area contributed by atoms with Crippen LogP contribution in [0.1, 0.15) is 46.8 Å². The first-order chi connectivity index (χ1) is 17.8. The van der Waals surface area contributed by atoms with E-state index in [1.54, 1.807) is 47.8 Å². The molecule has 194 valence electrons. The predicted octanol–water partition coefficient (Wildman–Crippen LogP) is 4.15. The molecular weight excluding hydrogens is 486 g/mol. The number of hydrogen-bond acceptors (Lipinski definition) is 5. The van der Waals surface area contributed by atoms with Gasteiger partial charge in [0.2, 0.25) is 0 Å². The second-order valence-electron chi connectivity index (χ2n) is 9.90. The highest BCUT2D eigenvalue weighted by molar-refractivity contribution is 7.92. The molecule has 5 rings (SSSR count). The van der Waals surface area contributed by atoms with Gasteiger partial charge in [-0.15, -0.1) is 0 Å². The van der Waals surface area contributed by atoms with Crippen molar-refractivity contribution in [3.63, 3.8) is 0 Å². The third kappa shape index (κ3) is 4.38. The number of hydrogen-bond donors (Lipinski definition) is 2. The quantitative estimate of drug-likeness (QED) is 0.511. The molecule has 2 aliphatic rings. The summed E-state index contributed by atoms with van der Waals surface area (Å²) in [4.78, 5) is 13.4. The van der Waals surface area contributed by atoms with Gasteiger partial charge in [0.15, 0.2) is 0 Å². The summed E-state index contributed by atoms with van der Waals surface area (Å²) in [6.07, 6.45) is 1.59. The lowest BCUT2D eigenvalue weighted by molar-refractivity contribution is 0.0950. The van der Waals surface area contributed by atoms with Crippen molar-refractivity contribution in [3.8, 4) is 5.75 Å². The third-order valence-electron chi connectivity index (χ3n) is 8.00. The Kier molecular flexibility index (Phi) is 6.72. The van der Waals surface area contributed by atoms with Gasteiger partial charge in [0.25, 0.3) is 15.9 Å². The number of carbonyl (C=O) groups excluding carboxylic acids is 1. The van der Waals surface area contributed by atoms with Gasteiger partial charge >= 0.3 is 0 Å². The molecule has 2 aliphatic heterocycles. The highest BCUT2D eigenvalue weighted by atomic mass is 32.2. The lowest BCUT2D eigenvalue weighted by atomic mass is 9.70. The highest BCUT2D eigenvalue weighted by Gasteiger charge is 2.53. The van der Waals surface area contributed by atoms with Gasteiger partial charge in [0.05, 0.1) is 23.7 Å². The van der Waals surface area contributed by atoms with Gasteiger partial charge in [0, 0.05) is 17.5 Å². The molecule has 7 nitrogen and oxygen atoms in total. The van der Waals surface area contributed by atoms with Gasteiger partial charge in [-0.3, -0.25) is 9.10 Å². The maximum absolute atomic E-state index is 13.9. The number of aryl methyl sites for hydroxylation is 1. The highest BCUT2D eigenvalue weighted by Crippen LogP contribution is 2.52. The molecule has 0 radical (unpaired) electrons. The number of carbonyl (C=O) groups is 1. The summed E-state index contributed by atoms with van der Waals surface area (Å²) < 4.78 is 34.6. The molecule has 2 N–H and O–H groups in total. The number of anilines is 1. The monoisotopic (exact) mass is 519 g/mol. The van der Waals surface area contributed by atoms with Gasteiger partial charge in [0.1, 0.15) is 5.75 Å². The second-order valence-corrected chi connectivity index (χ2v) is 11.7. The number of ether oxygens (including phenoxy) is 1. The lowest BCUT2D eigenvalue weighted by Crippen LogP contribution is -2.50. The van der Waals surface area contributed by atoms with E-state index in [0.717, 1.165) is 42.6 Å². The Bertz CT molecular complexity index is 1410. The molecule has 1 fully saturated rings. The molecule has 0 aromatic heterocycles. The van der Waals surface area contributed by atoms with Crippen LogP contribution in [0.4, 0.5) is 5.69 Å². The van der Waals surface area contributed by atoms with Crippen molar-refractivity contribution in [1.82, 2.24) is 10.6 Å². The van der Waals surface area contributed by atoms with E-state index in [9.17, 15) is 13.2 Å². The number of sulfonamides is 1. The molecule has 37 heavy (non-hydrogen) atoms. The van der Waals surface area contributed by atoms with E-state index >= 15 is 0 Å². The average Bonchev–Trinajstić information content (AvgIpc) is 3.15. The van der Waals surface area contributed by atoms with Crippen LogP contribution in [-0.4, -0.2) is 40.6 Å². The molecule has 0 saturated carbocycles. The van der Waals surface area contributed by atoms with Crippen LogP contribution in [0, 0.1) is 6.92 Å². The van der Waals surface area contributed by atoms with Crippen LogP contribution in [0.25, 0.3) is 0 Å². The minimum absolute atomic E-state index is 0.167. The number of nitrogens with one attached hydrogen (secondary N) is 2. The zero-order chi connectivity index (χ0) is 26.2. The SMILES string of the molecule is COc1ccc(S(=O)(=O)N2c3ccc(C(=O)NCc4ccccc4C)cc3C3(CCNCC3)C2C)cc1. The van der Waals surface area contributed by atoms with Crippen molar-refractivity contribution in [2.45, 2.75) is 49.6 Å². The molecule has 3 aromatic carbocycles.